The first-order valence-corrected chi connectivity index (χ1v) is 6.95. The monoisotopic (exact) mass is 309 g/mol. The van der Waals surface area contributed by atoms with Gasteiger partial charge in [-0.25, -0.2) is 14.1 Å². The van der Waals surface area contributed by atoms with Gasteiger partial charge in [0, 0.05) is 6.54 Å². The van der Waals surface area contributed by atoms with Crippen molar-refractivity contribution in [1.82, 2.24) is 4.90 Å². The average Bonchev–Trinajstić information content (AvgIpc) is 2.83. The molecule has 0 aromatic heterocycles. The molecule has 1 aliphatic heterocycles. The van der Waals surface area contributed by atoms with Crippen molar-refractivity contribution < 1.29 is 14.0 Å². The lowest BCUT2D eigenvalue weighted by Crippen LogP contribution is -2.32. The minimum Gasteiger partial charge on any atom is -0.310 e. The first-order chi connectivity index (χ1) is 11.1. The van der Waals surface area contributed by atoms with Gasteiger partial charge in [-0.2, -0.15) is 5.26 Å². The molecule has 1 saturated heterocycles. The van der Waals surface area contributed by atoms with Crippen LogP contribution in [0.1, 0.15) is 11.1 Å². The molecular formula is C17H12FN3O2. The zero-order chi connectivity index (χ0) is 16.4. The Bertz CT molecular complexity index is 811. The summed E-state index contributed by atoms with van der Waals surface area (Å²) in [4.78, 5) is 27.1. The highest BCUT2D eigenvalue weighted by atomic mass is 19.1. The van der Waals surface area contributed by atoms with Crippen LogP contribution in [-0.4, -0.2) is 23.4 Å². The molecule has 0 unspecified atom stereocenters. The molecular weight excluding hydrogens is 297 g/mol. The summed E-state index contributed by atoms with van der Waals surface area (Å²) < 4.78 is 12.9. The minimum atomic E-state index is -0.450. The second-order valence-corrected chi connectivity index (χ2v) is 5.16. The average molecular weight is 309 g/mol. The van der Waals surface area contributed by atoms with E-state index in [2.05, 4.69) is 0 Å². The fraction of sp³-hybridized carbons (Fsp3) is 0.118. The highest BCUT2D eigenvalue weighted by Gasteiger charge is 2.37. The predicted molar refractivity (Wildman–Crippen MR) is 80.8 cm³/mol. The van der Waals surface area contributed by atoms with Crippen LogP contribution in [-0.2, 0) is 11.3 Å². The van der Waals surface area contributed by atoms with Crippen molar-refractivity contribution in [3.8, 4) is 6.07 Å². The first kappa shape index (κ1) is 14.7. The third kappa shape index (κ3) is 2.90. The molecule has 23 heavy (non-hydrogen) atoms. The fourth-order valence-electron chi connectivity index (χ4n) is 2.45. The summed E-state index contributed by atoms with van der Waals surface area (Å²) in [5, 5.41) is 8.93. The Kier molecular flexibility index (Phi) is 3.77. The largest absolute Gasteiger partial charge is 0.332 e. The quantitative estimate of drug-likeness (QED) is 0.819. The van der Waals surface area contributed by atoms with Crippen molar-refractivity contribution in [2.45, 2.75) is 6.54 Å². The standard InChI is InChI=1S/C17H12FN3O2/c18-14-6-4-12(5-7-14)10-20-11-16(22)21(17(20)23)15-3-1-2-13(8-15)9-19/h1-8H,10-11H2. The summed E-state index contributed by atoms with van der Waals surface area (Å²) in [6, 6.07) is 13.6. The third-order valence-electron chi connectivity index (χ3n) is 3.56. The zero-order valence-electron chi connectivity index (χ0n) is 12.1. The molecule has 2 aromatic rings. The molecule has 0 N–H and O–H groups in total. The van der Waals surface area contributed by atoms with Gasteiger partial charge in [0.05, 0.1) is 17.3 Å². The Morgan fingerprint density at radius 3 is 2.57 bits per heavy atom. The fourth-order valence-corrected chi connectivity index (χ4v) is 2.45. The van der Waals surface area contributed by atoms with Gasteiger partial charge in [0.15, 0.2) is 0 Å². The maximum atomic E-state index is 12.9. The molecule has 0 radical (unpaired) electrons. The lowest BCUT2D eigenvalue weighted by atomic mass is 10.2. The van der Waals surface area contributed by atoms with Crippen LogP contribution in [0.25, 0.3) is 0 Å². The van der Waals surface area contributed by atoms with E-state index in [0.717, 1.165) is 10.5 Å². The van der Waals surface area contributed by atoms with Crippen LogP contribution in [0.3, 0.4) is 0 Å². The van der Waals surface area contributed by atoms with E-state index in [0.29, 0.717) is 11.3 Å². The van der Waals surface area contributed by atoms with E-state index in [1.165, 1.54) is 23.1 Å². The number of carbonyl (C=O) groups is 2. The minimum absolute atomic E-state index is 0.0486. The van der Waals surface area contributed by atoms with E-state index < -0.39 is 6.03 Å². The Morgan fingerprint density at radius 1 is 1.13 bits per heavy atom. The summed E-state index contributed by atoms with van der Waals surface area (Å²) in [6.45, 7) is 0.173. The summed E-state index contributed by atoms with van der Waals surface area (Å²) >= 11 is 0. The predicted octanol–water partition coefficient (Wildman–Crippen LogP) is 2.67. The molecule has 1 heterocycles. The maximum absolute atomic E-state index is 12.9. The van der Waals surface area contributed by atoms with Crippen LogP contribution in [0.5, 0.6) is 0 Å². The molecule has 6 heteroatoms. The van der Waals surface area contributed by atoms with E-state index in [-0.39, 0.29) is 24.8 Å². The van der Waals surface area contributed by atoms with Crippen molar-refractivity contribution >= 4 is 17.6 Å². The molecule has 0 spiro atoms. The summed E-state index contributed by atoms with van der Waals surface area (Å²) in [7, 11) is 0. The van der Waals surface area contributed by atoms with E-state index in [4.69, 9.17) is 5.26 Å². The van der Waals surface area contributed by atoms with Crippen molar-refractivity contribution in [3.05, 3.63) is 65.5 Å². The van der Waals surface area contributed by atoms with Crippen LogP contribution in [0.4, 0.5) is 14.9 Å². The number of urea groups is 1. The topological polar surface area (TPSA) is 64.4 Å². The molecule has 1 fully saturated rings. The van der Waals surface area contributed by atoms with Crippen molar-refractivity contribution in [2.24, 2.45) is 0 Å². The normalized spacial score (nSPS) is 14.3. The number of amides is 3. The molecule has 0 aliphatic carbocycles. The summed E-state index contributed by atoms with van der Waals surface area (Å²) in [5.74, 6) is -0.709. The second kappa shape index (κ2) is 5.89. The van der Waals surface area contributed by atoms with Crippen LogP contribution in [0.15, 0.2) is 48.5 Å². The molecule has 0 bridgehead atoms. The number of benzene rings is 2. The van der Waals surface area contributed by atoms with Gasteiger partial charge < -0.3 is 4.90 Å². The van der Waals surface area contributed by atoms with Gasteiger partial charge in [-0.05, 0) is 35.9 Å². The maximum Gasteiger partial charge on any atom is 0.332 e. The molecule has 5 nitrogen and oxygen atoms in total. The van der Waals surface area contributed by atoms with E-state index in [1.54, 1.807) is 30.3 Å². The van der Waals surface area contributed by atoms with Gasteiger partial charge in [0.25, 0.3) is 5.91 Å². The number of hydrogen-bond acceptors (Lipinski definition) is 3. The zero-order valence-corrected chi connectivity index (χ0v) is 12.1. The first-order valence-electron chi connectivity index (χ1n) is 6.95. The van der Waals surface area contributed by atoms with Crippen LogP contribution in [0, 0.1) is 17.1 Å². The Morgan fingerprint density at radius 2 is 1.87 bits per heavy atom. The molecule has 2 aromatic carbocycles. The molecule has 3 rings (SSSR count). The van der Waals surface area contributed by atoms with E-state index in [1.807, 2.05) is 6.07 Å². The second-order valence-electron chi connectivity index (χ2n) is 5.16. The van der Waals surface area contributed by atoms with Gasteiger partial charge in [-0.15, -0.1) is 0 Å². The Labute approximate surface area is 132 Å². The Balaban J connectivity index is 1.82. The van der Waals surface area contributed by atoms with Crippen LogP contribution >= 0.6 is 0 Å². The van der Waals surface area contributed by atoms with E-state index >= 15 is 0 Å². The van der Waals surface area contributed by atoms with Crippen molar-refractivity contribution in [2.75, 3.05) is 11.4 Å². The third-order valence-corrected chi connectivity index (χ3v) is 3.56. The number of nitrogens with zero attached hydrogens (tertiary/aromatic N) is 3. The van der Waals surface area contributed by atoms with Gasteiger partial charge in [-0.3, -0.25) is 4.79 Å². The van der Waals surface area contributed by atoms with Crippen LogP contribution < -0.4 is 4.90 Å². The number of halogens is 1. The lowest BCUT2D eigenvalue weighted by Gasteiger charge is -2.17. The summed E-state index contributed by atoms with van der Waals surface area (Å²) in [6.07, 6.45) is 0. The van der Waals surface area contributed by atoms with Crippen molar-refractivity contribution in [1.29, 1.82) is 5.26 Å². The number of rotatable bonds is 3. The Hall–Kier alpha value is -3.20. The highest BCUT2D eigenvalue weighted by Crippen LogP contribution is 2.23. The molecule has 1 aliphatic rings. The molecule has 114 valence electrons. The van der Waals surface area contributed by atoms with Gasteiger partial charge in [0.2, 0.25) is 0 Å². The summed E-state index contributed by atoms with van der Waals surface area (Å²) in [5.41, 5.74) is 1.49. The number of anilines is 1. The number of hydrogen-bond donors (Lipinski definition) is 0. The van der Waals surface area contributed by atoms with Gasteiger partial charge in [-0.1, -0.05) is 18.2 Å². The number of imide groups is 1. The highest BCUT2D eigenvalue weighted by molar-refractivity contribution is 6.19. The van der Waals surface area contributed by atoms with Crippen LogP contribution in [0.2, 0.25) is 0 Å². The SMILES string of the molecule is N#Cc1cccc(N2C(=O)CN(Cc3ccc(F)cc3)C2=O)c1. The molecule has 0 atom stereocenters. The molecule has 3 amide bonds. The molecule has 0 saturated carbocycles. The van der Waals surface area contributed by atoms with Gasteiger partial charge in [0.1, 0.15) is 12.4 Å². The smallest absolute Gasteiger partial charge is 0.310 e. The number of nitriles is 1. The number of carbonyl (C=O) groups excluding carboxylic acids is 2. The lowest BCUT2D eigenvalue weighted by molar-refractivity contribution is -0.116. The van der Waals surface area contributed by atoms with Crippen molar-refractivity contribution in [3.63, 3.8) is 0 Å². The van der Waals surface area contributed by atoms with Gasteiger partial charge >= 0.3 is 6.03 Å². The van der Waals surface area contributed by atoms with E-state index in [9.17, 15) is 14.0 Å².